The molecule has 0 aromatic carbocycles. The average molecular weight is 612 g/mol. The largest absolute Gasteiger partial charge is 0.481 e. The first-order valence-corrected chi connectivity index (χ1v) is 14.7. The Balaban J connectivity index is 0.000000189. The molecule has 224 valence electrons. The first-order valence-electron chi connectivity index (χ1n) is 13.9. The van der Waals surface area contributed by atoms with E-state index in [9.17, 15) is 9.59 Å². The number of hydrogen-bond acceptors (Lipinski definition) is 11. The Morgan fingerprint density at radius 2 is 1.46 bits per heavy atom. The van der Waals surface area contributed by atoms with Gasteiger partial charge in [-0.25, -0.2) is 9.97 Å². The second-order valence-corrected chi connectivity index (χ2v) is 10.5. The van der Waals surface area contributed by atoms with Crippen molar-refractivity contribution in [1.29, 1.82) is 0 Å². The van der Waals surface area contributed by atoms with Crippen molar-refractivity contribution in [2.24, 2.45) is 0 Å². The van der Waals surface area contributed by atoms with Crippen LogP contribution in [0.5, 0.6) is 0 Å². The number of unbranched alkanes of at least 4 members (excludes halogenated alkanes) is 1. The van der Waals surface area contributed by atoms with E-state index < -0.39 is 5.97 Å². The molecule has 0 spiro atoms. The molecular weight excluding hydrogens is 575 g/mol. The van der Waals surface area contributed by atoms with E-state index in [1.54, 1.807) is 17.0 Å². The summed E-state index contributed by atoms with van der Waals surface area (Å²) in [4.78, 5) is 45.6. The van der Waals surface area contributed by atoms with Crippen LogP contribution in [-0.4, -0.2) is 103 Å². The lowest BCUT2D eigenvalue weighted by Gasteiger charge is -2.29. The van der Waals surface area contributed by atoms with Crippen LogP contribution in [0.3, 0.4) is 0 Å². The predicted molar refractivity (Wildman–Crippen MR) is 156 cm³/mol. The van der Waals surface area contributed by atoms with Gasteiger partial charge in [-0.2, -0.15) is 9.97 Å². The van der Waals surface area contributed by atoms with Crippen molar-refractivity contribution in [1.82, 2.24) is 19.9 Å². The number of rotatable bonds is 9. The number of carboxylic acids is 1. The zero-order valence-electron chi connectivity index (χ0n) is 22.9. The normalized spacial score (nSPS) is 17.6. The van der Waals surface area contributed by atoms with E-state index in [4.69, 9.17) is 37.8 Å². The molecule has 0 radical (unpaired) electrons. The van der Waals surface area contributed by atoms with E-state index in [0.717, 1.165) is 45.4 Å². The number of nitrogens with zero attached hydrogens (tertiary/aromatic N) is 7. The Labute approximate surface area is 249 Å². The number of aliphatic carboxylic acids is 1. The number of hydrogen-bond donors (Lipinski definition) is 2. The number of anilines is 4. The molecule has 2 aromatic heterocycles. The van der Waals surface area contributed by atoms with Crippen molar-refractivity contribution >= 4 is 58.6 Å². The summed E-state index contributed by atoms with van der Waals surface area (Å²) in [7, 11) is 0. The predicted octanol–water partition coefficient (Wildman–Crippen LogP) is 3.12. The Kier molecular flexibility index (Phi) is 12.0. The Morgan fingerprint density at radius 3 is 2.07 bits per heavy atom. The third-order valence-electron chi connectivity index (χ3n) is 6.66. The van der Waals surface area contributed by atoms with Gasteiger partial charge in [-0.15, -0.1) is 0 Å². The number of carbonyl (C=O) groups is 2. The van der Waals surface area contributed by atoms with Gasteiger partial charge in [0.15, 0.2) is 0 Å². The number of ether oxygens (including phenoxy) is 2. The van der Waals surface area contributed by atoms with Gasteiger partial charge in [-0.1, -0.05) is 23.2 Å². The molecule has 15 heteroatoms. The molecule has 0 aliphatic carbocycles. The number of amides is 1. The summed E-state index contributed by atoms with van der Waals surface area (Å²) in [5, 5.41) is 12.5. The second kappa shape index (κ2) is 15.9. The van der Waals surface area contributed by atoms with E-state index in [0.29, 0.717) is 86.2 Å². The maximum atomic E-state index is 12.0. The Bertz CT molecular complexity index is 1160. The molecule has 1 amide bonds. The molecule has 2 N–H and O–H groups in total. The summed E-state index contributed by atoms with van der Waals surface area (Å²) in [6.07, 6.45) is 4.11. The van der Waals surface area contributed by atoms with Gasteiger partial charge in [0.1, 0.15) is 21.9 Å². The summed E-state index contributed by atoms with van der Waals surface area (Å²) in [5.74, 6) is 1.78. The van der Waals surface area contributed by atoms with E-state index >= 15 is 0 Å². The molecular formula is C26H36Cl2N8O5. The lowest BCUT2D eigenvalue weighted by atomic mass is 10.1. The summed E-state index contributed by atoms with van der Waals surface area (Å²) in [5.41, 5.74) is 0. The maximum Gasteiger partial charge on any atom is 0.303 e. The van der Waals surface area contributed by atoms with Gasteiger partial charge in [-0.3, -0.25) is 14.5 Å². The van der Waals surface area contributed by atoms with Crippen molar-refractivity contribution in [3.05, 3.63) is 22.4 Å². The van der Waals surface area contributed by atoms with Crippen LogP contribution in [-0.2, 0) is 19.1 Å². The Hall–Kier alpha value is -3.00. The highest BCUT2D eigenvalue weighted by Crippen LogP contribution is 2.24. The number of carbonyl (C=O) groups excluding carboxylic acids is 1. The van der Waals surface area contributed by atoms with Crippen molar-refractivity contribution in [3.63, 3.8) is 0 Å². The topological polar surface area (TPSA) is 146 Å². The molecule has 0 unspecified atom stereocenters. The Morgan fingerprint density at radius 1 is 0.854 bits per heavy atom. The molecule has 3 aliphatic heterocycles. The third-order valence-corrected chi connectivity index (χ3v) is 7.05. The number of halogens is 2. The highest BCUT2D eigenvalue weighted by molar-refractivity contribution is 6.30. The second-order valence-electron chi connectivity index (χ2n) is 9.70. The first kappa shape index (κ1) is 30.9. The van der Waals surface area contributed by atoms with Crippen molar-refractivity contribution in [3.8, 4) is 0 Å². The van der Waals surface area contributed by atoms with E-state index in [1.807, 2.05) is 9.80 Å². The van der Waals surface area contributed by atoms with E-state index in [2.05, 4.69) is 25.3 Å². The average Bonchev–Trinajstić information content (AvgIpc) is 2.98. The fraction of sp³-hybridized carbons (Fsp3) is 0.615. The SMILES string of the molecule is O=C(O)CCCCNc1cc(Cl)nc(N2CCOCC2)n1.O=C1CCCCN1c1cc(Cl)nc(N2CCOCC2)n1. The number of aromatic nitrogens is 4. The minimum atomic E-state index is -0.769. The molecule has 3 aliphatic rings. The lowest BCUT2D eigenvalue weighted by molar-refractivity contribution is -0.137. The molecule has 5 heterocycles. The number of nitrogens with one attached hydrogen (secondary N) is 1. The van der Waals surface area contributed by atoms with Crippen LogP contribution in [0.4, 0.5) is 23.5 Å². The highest BCUT2D eigenvalue weighted by atomic mass is 35.5. The number of morpholine rings is 2. The maximum absolute atomic E-state index is 12.0. The van der Waals surface area contributed by atoms with Gasteiger partial charge < -0.3 is 29.7 Å². The summed E-state index contributed by atoms with van der Waals surface area (Å²) in [6.45, 7) is 6.99. The minimum absolute atomic E-state index is 0.110. The molecule has 3 fully saturated rings. The molecule has 0 atom stereocenters. The number of piperidine rings is 1. The van der Waals surface area contributed by atoms with Gasteiger partial charge in [-0.05, 0) is 25.7 Å². The number of carboxylic acid groups (broad SMARTS) is 1. The monoisotopic (exact) mass is 610 g/mol. The lowest BCUT2D eigenvalue weighted by Crippen LogP contribution is -2.39. The van der Waals surface area contributed by atoms with Crippen LogP contribution in [0.1, 0.15) is 38.5 Å². The van der Waals surface area contributed by atoms with Gasteiger partial charge >= 0.3 is 5.97 Å². The molecule has 0 saturated carbocycles. The van der Waals surface area contributed by atoms with Gasteiger partial charge in [0.2, 0.25) is 17.8 Å². The van der Waals surface area contributed by atoms with E-state index in [1.165, 1.54) is 0 Å². The van der Waals surface area contributed by atoms with Crippen LogP contribution >= 0.6 is 23.2 Å². The van der Waals surface area contributed by atoms with Crippen LogP contribution < -0.4 is 20.0 Å². The zero-order chi connectivity index (χ0) is 29.0. The van der Waals surface area contributed by atoms with Gasteiger partial charge in [0.05, 0.1) is 26.4 Å². The fourth-order valence-electron chi connectivity index (χ4n) is 4.50. The molecule has 2 aromatic rings. The van der Waals surface area contributed by atoms with Crippen LogP contribution in [0.25, 0.3) is 0 Å². The molecule has 5 rings (SSSR count). The van der Waals surface area contributed by atoms with Crippen LogP contribution in [0.15, 0.2) is 12.1 Å². The summed E-state index contributed by atoms with van der Waals surface area (Å²) in [6, 6.07) is 3.33. The molecule has 41 heavy (non-hydrogen) atoms. The van der Waals surface area contributed by atoms with Gasteiger partial charge in [0, 0.05) is 64.2 Å². The summed E-state index contributed by atoms with van der Waals surface area (Å²) < 4.78 is 10.6. The fourth-order valence-corrected chi connectivity index (χ4v) is 4.86. The van der Waals surface area contributed by atoms with Crippen LogP contribution in [0.2, 0.25) is 10.3 Å². The van der Waals surface area contributed by atoms with Crippen molar-refractivity contribution in [2.45, 2.75) is 38.5 Å². The standard InChI is InChI=1S/C13H19ClN4O3.C13H17ClN4O2/c14-10-9-11(15-4-2-1-3-12(19)20)17-13(16-10)18-5-7-21-8-6-18;14-10-9-11(18-4-2-1-3-12(18)19)16-13(15-10)17-5-7-20-8-6-17/h9H,1-8H2,(H,19,20)(H,15,16,17);9H,1-8H2. The van der Waals surface area contributed by atoms with Crippen molar-refractivity contribution < 1.29 is 24.2 Å². The first-order chi connectivity index (χ1) is 19.9. The van der Waals surface area contributed by atoms with Crippen LogP contribution in [0, 0.1) is 0 Å². The third kappa shape index (κ3) is 9.80. The van der Waals surface area contributed by atoms with Gasteiger partial charge in [0.25, 0.3) is 0 Å². The highest BCUT2D eigenvalue weighted by Gasteiger charge is 2.23. The summed E-state index contributed by atoms with van der Waals surface area (Å²) >= 11 is 12.1. The van der Waals surface area contributed by atoms with Crippen molar-refractivity contribution in [2.75, 3.05) is 85.7 Å². The zero-order valence-corrected chi connectivity index (χ0v) is 24.4. The molecule has 13 nitrogen and oxygen atoms in total. The quantitative estimate of drug-likeness (QED) is 0.317. The molecule has 3 saturated heterocycles. The minimum Gasteiger partial charge on any atom is -0.481 e. The van der Waals surface area contributed by atoms with E-state index in [-0.39, 0.29) is 12.3 Å². The smallest absolute Gasteiger partial charge is 0.303 e. The molecule has 0 bridgehead atoms.